The molecule has 31 heavy (non-hydrogen) atoms. The normalized spacial score (nSPS) is 15.8. The minimum absolute atomic E-state index is 0.0786. The van der Waals surface area contributed by atoms with Gasteiger partial charge in [-0.25, -0.2) is 4.79 Å². The Morgan fingerprint density at radius 3 is 2.39 bits per heavy atom. The molecule has 3 aromatic rings. The Labute approximate surface area is 180 Å². The Bertz CT molecular complexity index is 1160. The first-order chi connectivity index (χ1) is 15.0. The quantitative estimate of drug-likeness (QED) is 0.636. The number of ether oxygens (including phenoxy) is 1. The maximum absolute atomic E-state index is 13.0. The topological polar surface area (TPSA) is 94.5 Å². The lowest BCUT2D eigenvalue weighted by Crippen LogP contribution is -2.38. The van der Waals surface area contributed by atoms with Crippen molar-refractivity contribution >= 4 is 17.1 Å². The fraction of sp³-hybridized carbons (Fsp3) is 0.500. The number of aliphatic hydroxyl groups is 1. The van der Waals surface area contributed by atoms with Gasteiger partial charge < -0.3 is 19.3 Å². The summed E-state index contributed by atoms with van der Waals surface area (Å²) in [4.78, 5) is 32.3. The summed E-state index contributed by atoms with van der Waals surface area (Å²) in [5, 5.41) is 10.7. The molecule has 9 nitrogen and oxygen atoms in total. The van der Waals surface area contributed by atoms with Gasteiger partial charge in [0.05, 0.1) is 6.54 Å². The van der Waals surface area contributed by atoms with E-state index in [1.165, 1.54) is 11.6 Å². The van der Waals surface area contributed by atoms with E-state index >= 15 is 0 Å². The minimum Gasteiger partial charge on any atom is -0.491 e. The standard InChI is InChI=1S/C22H29N5O4/c1-24-19-18(20(29)25(2)22(24)30)27(21(23-19)26-12-8-3-4-9-13-26)14-16(28)15-31-17-10-6-5-7-11-17/h5-7,10-11,16,28H,3-4,8-9,12-15H2,1-2H3/t16-/m0/s1. The van der Waals surface area contributed by atoms with Crippen LogP contribution in [0.15, 0.2) is 39.9 Å². The number of aliphatic hydroxyl groups excluding tert-OH is 1. The van der Waals surface area contributed by atoms with E-state index in [9.17, 15) is 14.7 Å². The Kier molecular flexibility index (Phi) is 6.13. The molecule has 166 valence electrons. The number of aromatic nitrogens is 4. The lowest BCUT2D eigenvalue weighted by molar-refractivity contribution is 0.0936. The van der Waals surface area contributed by atoms with Gasteiger partial charge >= 0.3 is 5.69 Å². The first-order valence-electron chi connectivity index (χ1n) is 10.7. The van der Waals surface area contributed by atoms with E-state index in [2.05, 4.69) is 4.90 Å². The second-order valence-corrected chi connectivity index (χ2v) is 8.08. The second-order valence-electron chi connectivity index (χ2n) is 8.08. The van der Waals surface area contributed by atoms with Crippen LogP contribution in [0.3, 0.4) is 0 Å². The molecule has 0 spiro atoms. The maximum Gasteiger partial charge on any atom is 0.332 e. The molecular weight excluding hydrogens is 398 g/mol. The van der Waals surface area contributed by atoms with Crippen LogP contribution in [0.5, 0.6) is 5.75 Å². The van der Waals surface area contributed by atoms with Crippen LogP contribution in [0.25, 0.3) is 11.2 Å². The van der Waals surface area contributed by atoms with Crippen LogP contribution in [-0.2, 0) is 20.6 Å². The molecule has 0 unspecified atom stereocenters. The molecule has 1 saturated heterocycles. The molecule has 0 aliphatic carbocycles. The summed E-state index contributed by atoms with van der Waals surface area (Å²) in [6.45, 7) is 1.88. The highest BCUT2D eigenvalue weighted by atomic mass is 16.5. The molecule has 4 rings (SSSR count). The van der Waals surface area contributed by atoms with E-state index in [0.717, 1.165) is 43.3 Å². The summed E-state index contributed by atoms with van der Waals surface area (Å²) in [6, 6.07) is 9.29. The van der Waals surface area contributed by atoms with Crippen molar-refractivity contribution in [1.29, 1.82) is 0 Å². The second kappa shape index (κ2) is 8.97. The molecule has 0 amide bonds. The highest BCUT2D eigenvalue weighted by molar-refractivity contribution is 5.74. The van der Waals surface area contributed by atoms with Crippen molar-refractivity contribution in [1.82, 2.24) is 18.7 Å². The molecule has 1 aliphatic heterocycles. The predicted molar refractivity (Wildman–Crippen MR) is 119 cm³/mol. The van der Waals surface area contributed by atoms with Crippen LogP contribution < -0.4 is 20.9 Å². The number of rotatable bonds is 6. The molecule has 9 heteroatoms. The number of benzene rings is 1. The Morgan fingerprint density at radius 1 is 1.03 bits per heavy atom. The average Bonchev–Trinajstić information content (AvgIpc) is 2.96. The van der Waals surface area contributed by atoms with Crippen molar-refractivity contribution < 1.29 is 9.84 Å². The van der Waals surface area contributed by atoms with Crippen molar-refractivity contribution in [2.24, 2.45) is 14.1 Å². The Balaban J connectivity index is 1.72. The number of fused-ring (bicyclic) bond motifs is 1. The van der Waals surface area contributed by atoms with Crippen LogP contribution >= 0.6 is 0 Å². The third kappa shape index (κ3) is 4.23. The molecule has 0 saturated carbocycles. The monoisotopic (exact) mass is 427 g/mol. The fourth-order valence-corrected chi connectivity index (χ4v) is 4.09. The SMILES string of the molecule is Cn1c(=O)c2c(nc(N3CCCCCC3)n2C[C@H](O)COc2ccccc2)n(C)c1=O. The van der Waals surface area contributed by atoms with E-state index in [-0.39, 0.29) is 13.2 Å². The highest BCUT2D eigenvalue weighted by Gasteiger charge is 2.25. The van der Waals surface area contributed by atoms with Gasteiger partial charge in [0.2, 0.25) is 5.95 Å². The summed E-state index contributed by atoms with van der Waals surface area (Å²) >= 11 is 0. The molecule has 1 aliphatic rings. The van der Waals surface area contributed by atoms with Crippen molar-refractivity contribution in [2.75, 3.05) is 24.6 Å². The number of anilines is 1. The van der Waals surface area contributed by atoms with Gasteiger partial charge in [-0.15, -0.1) is 0 Å². The third-order valence-electron chi connectivity index (χ3n) is 5.80. The van der Waals surface area contributed by atoms with Gasteiger partial charge in [-0.2, -0.15) is 4.98 Å². The zero-order valence-electron chi connectivity index (χ0n) is 18.0. The molecule has 0 bridgehead atoms. The molecule has 1 aromatic carbocycles. The van der Waals surface area contributed by atoms with Crippen molar-refractivity contribution in [3.8, 4) is 5.75 Å². The molecule has 1 fully saturated rings. The summed E-state index contributed by atoms with van der Waals surface area (Å²) in [7, 11) is 3.07. The van der Waals surface area contributed by atoms with Gasteiger partial charge in [-0.3, -0.25) is 13.9 Å². The fourth-order valence-electron chi connectivity index (χ4n) is 4.09. The zero-order valence-corrected chi connectivity index (χ0v) is 18.0. The molecule has 1 N–H and O–H groups in total. The van der Waals surface area contributed by atoms with E-state index in [1.807, 2.05) is 30.3 Å². The van der Waals surface area contributed by atoms with Crippen molar-refractivity contribution in [3.05, 3.63) is 51.2 Å². The molecule has 0 radical (unpaired) electrons. The van der Waals surface area contributed by atoms with Crippen LogP contribution in [-0.4, -0.2) is 49.6 Å². The number of imidazole rings is 1. The lowest BCUT2D eigenvalue weighted by atomic mass is 10.2. The number of nitrogens with zero attached hydrogens (tertiary/aromatic N) is 5. The van der Waals surface area contributed by atoms with Gasteiger partial charge in [0.1, 0.15) is 18.5 Å². The van der Waals surface area contributed by atoms with E-state index in [0.29, 0.717) is 22.9 Å². The zero-order chi connectivity index (χ0) is 22.0. The van der Waals surface area contributed by atoms with Gasteiger partial charge in [0.25, 0.3) is 5.56 Å². The summed E-state index contributed by atoms with van der Waals surface area (Å²) in [5.41, 5.74) is -0.175. The summed E-state index contributed by atoms with van der Waals surface area (Å²) < 4.78 is 9.92. The lowest BCUT2D eigenvalue weighted by Gasteiger charge is -2.23. The van der Waals surface area contributed by atoms with Crippen LogP contribution in [0.1, 0.15) is 25.7 Å². The van der Waals surface area contributed by atoms with Crippen LogP contribution in [0.4, 0.5) is 5.95 Å². The average molecular weight is 428 g/mol. The van der Waals surface area contributed by atoms with Crippen molar-refractivity contribution in [3.63, 3.8) is 0 Å². The van der Waals surface area contributed by atoms with Gasteiger partial charge in [-0.1, -0.05) is 31.0 Å². The van der Waals surface area contributed by atoms with Gasteiger partial charge in [0.15, 0.2) is 11.2 Å². The largest absolute Gasteiger partial charge is 0.491 e. The summed E-state index contributed by atoms with van der Waals surface area (Å²) in [5.74, 6) is 1.29. The van der Waals surface area contributed by atoms with Gasteiger partial charge in [-0.05, 0) is 25.0 Å². The molecule has 3 heterocycles. The van der Waals surface area contributed by atoms with Crippen LogP contribution in [0.2, 0.25) is 0 Å². The number of aryl methyl sites for hydroxylation is 1. The number of hydrogen-bond donors (Lipinski definition) is 1. The molecule has 2 aromatic heterocycles. The third-order valence-corrected chi connectivity index (χ3v) is 5.80. The number of hydrogen-bond acceptors (Lipinski definition) is 6. The first kappa shape index (κ1) is 21.2. The highest BCUT2D eigenvalue weighted by Crippen LogP contribution is 2.23. The maximum atomic E-state index is 13.0. The van der Waals surface area contributed by atoms with Gasteiger partial charge in [0, 0.05) is 27.2 Å². The van der Waals surface area contributed by atoms with Crippen LogP contribution in [0, 0.1) is 0 Å². The summed E-state index contributed by atoms with van der Waals surface area (Å²) in [6.07, 6.45) is 3.54. The minimum atomic E-state index is -0.856. The smallest absolute Gasteiger partial charge is 0.332 e. The van der Waals surface area contributed by atoms with E-state index in [1.54, 1.807) is 11.6 Å². The first-order valence-corrected chi connectivity index (χ1v) is 10.7. The van der Waals surface area contributed by atoms with E-state index in [4.69, 9.17) is 9.72 Å². The number of para-hydroxylation sites is 1. The van der Waals surface area contributed by atoms with E-state index < -0.39 is 17.4 Å². The predicted octanol–water partition coefficient (Wildman–Crippen LogP) is 1.25. The molecular formula is C22H29N5O4. The van der Waals surface area contributed by atoms with Crippen molar-refractivity contribution in [2.45, 2.75) is 38.3 Å². The Morgan fingerprint density at radius 2 is 1.71 bits per heavy atom. The molecule has 1 atom stereocenters. The Hall–Kier alpha value is -3.07.